The van der Waals surface area contributed by atoms with E-state index in [-0.39, 0.29) is 0 Å². The SMILES string of the molecule is COc1c(C)c(C)cc(C)c1CNN. The Morgan fingerprint density at radius 2 is 1.93 bits per heavy atom. The summed E-state index contributed by atoms with van der Waals surface area (Å²) in [4.78, 5) is 0. The van der Waals surface area contributed by atoms with Crippen LogP contribution in [0.1, 0.15) is 22.3 Å². The number of hydrogen-bond acceptors (Lipinski definition) is 3. The number of aryl methyl sites for hydroxylation is 2. The van der Waals surface area contributed by atoms with E-state index in [0.29, 0.717) is 6.54 Å². The molecule has 0 aliphatic carbocycles. The average molecular weight is 194 g/mol. The van der Waals surface area contributed by atoms with E-state index in [2.05, 4.69) is 32.3 Å². The van der Waals surface area contributed by atoms with E-state index in [1.165, 1.54) is 16.7 Å². The van der Waals surface area contributed by atoms with Gasteiger partial charge in [0.1, 0.15) is 5.75 Å². The third kappa shape index (κ3) is 1.89. The Hall–Kier alpha value is -1.06. The number of rotatable bonds is 3. The van der Waals surface area contributed by atoms with Gasteiger partial charge in [-0.05, 0) is 37.5 Å². The maximum Gasteiger partial charge on any atom is 0.126 e. The summed E-state index contributed by atoms with van der Waals surface area (Å²) in [6.07, 6.45) is 0. The minimum atomic E-state index is 0.635. The Kier molecular flexibility index (Phi) is 3.49. The van der Waals surface area contributed by atoms with Crippen LogP contribution in [0.25, 0.3) is 0 Å². The quantitative estimate of drug-likeness (QED) is 0.567. The second-order valence-corrected chi connectivity index (χ2v) is 3.53. The molecule has 0 aliphatic heterocycles. The fourth-order valence-corrected chi connectivity index (χ4v) is 1.70. The first kappa shape index (κ1) is 11.0. The highest BCUT2D eigenvalue weighted by atomic mass is 16.5. The average Bonchev–Trinajstić information content (AvgIpc) is 2.15. The monoisotopic (exact) mass is 194 g/mol. The molecule has 0 aromatic heterocycles. The van der Waals surface area contributed by atoms with E-state index in [4.69, 9.17) is 10.6 Å². The molecular formula is C11H18N2O. The van der Waals surface area contributed by atoms with E-state index in [1.807, 2.05) is 0 Å². The molecule has 0 saturated carbocycles. The lowest BCUT2D eigenvalue weighted by molar-refractivity contribution is 0.404. The van der Waals surface area contributed by atoms with E-state index < -0.39 is 0 Å². The van der Waals surface area contributed by atoms with Crippen LogP contribution in [-0.4, -0.2) is 7.11 Å². The first-order chi connectivity index (χ1) is 6.61. The number of hydrogen-bond donors (Lipinski definition) is 2. The van der Waals surface area contributed by atoms with Gasteiger partial charge in [-0.15, -0.1) is 0 Å². The van der Waals surface area contributed by atoms with E-state index >= 15 is 0 Å². The van der Waals surface area contributed by atoms with Crippen molar-refractivity contribution in [3.05, 3.63) is 28.3 Å². The summed E-state index contributed by atoms with van der Waals surface area (Å²) < 4.78 is 5.39. The number of methoxy groups -OCH3 is 1. The first-order valence-corrected chi connectivity index (χ1v) is 4.69. The van der Waals surface area contributed by atoms with Crippen LogP contribution in [0.5, 0.6) is 5.75 Å². The van der Waals surface area contributed by atoms with Gasteiger partial charge in [-0.2, -0.15) is 0 Å². The molecule has 14 heavy (non-hydrogen) atoms. The molecule has 3 N–H and O–H groups in total. The molecule has 3 nitrogen and oxygen atoms in total. The van der Waals surface area contributed by atoms with Gasteiger partial charge in [-0.25, -0.2) is 0 Å². The number of benzene rings is 1. The van der Waals surface area contributed by atoms with Gasteiger partial charge in [0, 0.05) is 12.1 Å². The highest BCUT2D eigenvalue weighted by Crippen LogP contribution is 2.28. The molecule has 0 aliphatic rings. The molecule has 1 aromatic rings. The van der Waals surface area contributed by atoms with Crippen LogP contribution >= 0.6 is 0 Å². The lowest BCUT2D eigenvalue weighted by Crippen LogP contribution is -2.22. The number of hydrazine groups is 1. The molecule has 0 atom stereocenters. The largest absolute Gasteiger partial charge is 0.496 e. The van der Waals surface area contributed by atoms with Crippen molar-refractivity contribution in [3.8, 4) is 5.75 Å². The Bertz CT molecular complexity index is 335. The van der Waals surface area contributed by atoms with Crippen molar-refractivity contribution in [1.29, 1.82) is 0 Å². The van der Waals surface area contributed by atoms with Crippen molar-refractivity contribution >= 4 is 0 Å². The molecule has 1 aromatic carbocycles. The van der Waals surface area contributed by atoms with Gasteiger partial charge in [0.05, 0.1) is 7.11 Å². The van der Waals surface area contributed by atoms with Gasteiger partial charge in [-0.3, -0.25) is 11.3 Å². The van der Waals surface area contributed by atoms with E-state index in [1.54, 1.807) is 7.11 Å². The van der Waals surface area contributed by atoms with Gasteiger partial charge in [0.15, 0.2) is 0 Å². The normalized spacial score (nSPS) is 10.4. The second kappa shape index (κ2) is 4.44. The van der Waals surface area contributed by atoms with Gasteiger partial charge < -0.3 is 4.74 Å². The van der Waals surface area contributed by atoms with Crippen LogP contribution in [0.4, 0.5) is 0 Å². The fourth-order valence-electron chi connectivity index (χ4n) is 1.70. The third-order valence-electron chi connectivity index (χ3n) is 2.60. The molecule has 0 unspecified atom stereocenters. The van der Waals surface area contributed by atoms with Crippen molar-refractivity contribution in [2.45, 2.75) is 27.3 Å². The van der Waals surface area contributed by atoms with Crippen LogP contribution in [0, 0.1) is 20.8 Å². The predicted octanol–water partition coefficient (Wildman–Crippen LogP) is 1.58. The van der Waals surface area contributed by atoms with E-state index in [9.17, 15) is 0 Å². The molecule has 1 rings (SSSR count). The molecular weight excluding hydrogens is 176 g/mol. The zero-order valence-electron chi connectivity index (χ0n) is 9.27. The maximum absolute atomic E-state index is 5.39. The van der Waals surface area contributed by atoms with Crippen molar-refractivity contribution < 1.29 is 4.74 Å². The Balaban J connectivity index is 3.31. The third-order valence-corrected chi connectivity index (χ3v) is 2.60. The number of nitrogens with two attached hydrogens (primary N) is 1. The maximum atomic E-state index is 5.39. The summed E-state index contributed by atoms with van der Waals surface area (Å²) in [7, 11) is 1.70. The fraction of sp³-hybridized carbons (Fsp3) is 0.455. The van der Waals surface area contributed by atoms with Crippen LogP contribution in [0.2, 0.25) is 0 Å². The molecule has 0 fully saturated rings. The number of ether oxygens (including phenoxy) is 1. The van der Waals surface area contributed by atoms with Gasteiger partial charge in [-0.1, -0.05) is 6.07 Å². The molecule has 78 valence electrons. The van der Waals surface area contributed by atoms with Crippen molar-refractivity contribution in [2.24, 2.45) is 5.84 Å². The highest BCUT2D eigenvalue weighted by molar-refractivity contribution is 5.49. The molecule has 0 heterocycles. The number of nitrogens with one attached hydrogen (secondary N) is 1. The Morgan fingerprint density at radius 3 is 2.43 bits per heavy atom. The van der Waals surface area contributed by atoms with Crippen LogP contribution in [0.15, 0.2) is 6.07 Å². The zero-order chi connectivity index (χ0) is 10.7. The summed E-state index contributed by atoms with van der Waals surface area (Å²) in [6.45, 7) is 6.86. The first-order valence-electron chi connectivity index (χ1n) is 4.69. The van der Waals surface area contributed by atoms with Crippen LogP contribution < -0.4 is 16.0 Å². The lowest BCUT2D eigenvalue weighted by atomic mass is 9.99. The standard InChI is InChI=1S/C11H18N2O/c1-7-5-8(2)10(6-13-12)11(14-4)9(7)3/h5,13H,6,12H2,1-4H3. The summed E-state index contributed by atoms with van der Waals surface area (Å²) in [6, 6.07) is 2.16. The van der Waals surface area contributed by atoms with Crippen LogP contribution in [0.3, 0.4) is 0 Å². The molecule has 0 amide bonds. The van der Waals surface area contributed by atoms with Gasteiger partial charge in [0.2, 0.25) is 0 Å². The smallest absolute Gasteiger partial charge is 0.126 e. The van der Waals surface area contributed by atoms with Crippen LogP contribution in [-0.2, 0) is 6.54 Å². The minimum Gasteiger partial charge on any atom is -0.496 e. The molecule has 0 bridgehead atoms. The second-order valence-electron chi connectivity index (χ2n) is 3.53. The van der Waals surface area contributed by atoms with Gasteiger partial charge >= 0.3 is 0 Å². The summed E-state index contributed by atoms with van der Waals surface area (Å²) >= 11 is 0. The Labute approximate surface area is 85.2 Å². The predicted molar refractivity (Wildman–Crippen MR) is 58.2 cm³/mol. The van der Waals surface area contributed by atoms with E-state index in [0.717, 1.165) is 11.3 Å². The summed E-state index contributed by atoms with van der Waals surface area (Å²) in [5.74, 6) is 6.28. The minimum absolute atomic E-state index is 0.635. The molecule has 3 heteroatoms. The summed E-state index contributed by atoms with van der Waals surface area (Å²) in [5.41, 5.74) is 7.45. The van der Waals surface area contributed by atoms with Crippen molar-refractivity contribution in [1.82, 2.24) is 5.43 Å². The van der Waals surface area contributed by atoms with Crippen molar-refractivity contribution in [3.63, 3.8) is 0 Å². The molecule has 0 spiro atoms. The van der Waals surface area contributed by atoms with Gasteiger partial charge in [0.25, 0.3) is 0 Å². The molecule has 0 radical (unpaired) electrons. The molecule has 0 saturated heterocycles. The highest BCUT2D eigenvalue weighted by Gasteiger charge is 2.10. The summed E-state index contributed by atoms with van der Waals surface area (Å²) in [5, 5.41) is 0. The van der Waals surface area contributed by atoms with Crippen molar-refractivity contribution in [2.75, 3.05) is 7.11 Å². The topological polar surface area (TPSA) is 47.3 Å². The zero-order valence-corrected chi connectivity index (χ0v) is 9.27. The Morgan fingerprint density at radius 1 is 1.29 bits per heavy atom. The lowest BCUT2D eigenvalue weighted by Gasteiger charge is -2.16.